The van der Waals surface area contributed by atoms with E-state index in [1.165, 1.54) is 0 Å². The highest BCUT2D eigenvalue weighted by Crippen LogP contribution is 2.25. The fraction of sp³-hybridized carbons (Fsp3) is 1.00. The van der Waals surface area contributed by atoms with Crippen molar-refractivity contribution < 1.29 is 25.2 Å². The number of hydrogen-bond acceptors (Lipinski definition) is 6. The number of rotatable bonds is 4. The van der Waals surface area contributed by atoms with Crippen LogP contribution < -0.4 is 0 Å². The quantitative estimate of drug-likeness (QED) is 0.428. The van der Waals surface area contributed by atoms with E-state index in [2.05, 4.69) is 0 Å². The predicted octanol–water partition coefficient (Wildman–Crippen LogP) is -2.26. The Kier molecular flexibility index (Phi) is 4.45. The number of hydrogen-bond donors (Lipinski definition) is 4. The first-order chi connectivity index (χ1) is 7.02. The maximum Gasteiger partial charge on any atom is 0.173 e. The van der Waals surface area contributed by atoms with Crippen molar-refractivity contribution in [2.75, 3.05) is 20.2 Å². The molecule has 2 unspecified atom stereocenters. The van der Waals surface area contributed by atoms with Crippen LogP contribution in [-0.4, -0.2) is 76.2 Å². The van der Waals surface area contributed by atoms with Crippen LogP contribution in [0.5, 0.6) is 0 Å². The van der Waals surface area contributed by atoms with Crippen molar-refractivity contribution in [1.29, 1.82) is 0 Å². The Bertz CT molecular complexity index is 203. The lowest BCUT2D eigenvalue weighted by Crippen LogP contribution is -2.48. The van der Waals surface area contributed by atoms with Gasteiger partial charge in [-0.2, -0.15) is 0 Å². The summed E-state index contributed by atoms with van der Waals surface area (Å²) < 4.78 is 5.02. The van der Waals surface area contributed by atoms with Crippen LogP contribution in [0.4, 0.5) is 0 Å². The number of ether oxygens (including phenoxy) is 1. The van der Waals surface area contributed by atoms with Crippen molar-refractivity contribution in [1.82, 2.24) is 4.90 Å². The fourth-order valence-corrected chi connectivity index (χ4v) is 1.80. The summed E-state index contributed by atoms with van der Waals surface area (Å²) >= 11 is 0. The van der Waals surface area contributed by atoms with Crippen molar-refractivity contribution in [2.24, 2.45) is 0 Å². The molecule has 0 aromatic carbocycles. The van der Waals surface area contributed by atoms with Crippen molar-refractivity contribution in [3.63, 3.8) is 0 Å². The van der Waals surface area contributed by atoms with Crippen LogP contribution >= 0.6 is 0 Å². The molecule has 1 rings (SSSR count). The second-order valence-corrected chi connectivity index (χ2v) is 3.80. The van der Waals surface area contributed by atoms with Gasteiger partial charge in [0, 0.05) is 0 Å². The molecular weight excluding hydrogens is 202 g/mol. The first kappa shape index (κ1) is 12.8. The minimum absolute atomic E-state index is 0.503. The topological polar surface area (TPSA) is 93.4 Å². The van der Waals surface area contributed by atoms with E-state index in [0.717, 1.165) is 0 Å². The van der Waals surface area contributed by atoms with Crippen molar-refractivity contribution in [2.45, 2.75) is 37.6 Å². The molecule has 5 atom stereocenters. The zero-order valence-electron chi connectivity index (χ0n) is 8.95. The van der Waals surface area contributed by atoms with Gasteiger partial charge in [0.2, 0.25) is 0 Å². The summed E-state index contributed by atoms with van der Waals surface area (Å²) in [7, 11) is 1.74. The number of aliphatic hydroxyl groups is 4. The molecule has 4 N–H and O–H groups in total. The first-order valence-corrected chi connectivity index (χ1v) is 5.03. The summed E-state index contributed by atoms with van der Waals surface area (Å²) in [6.45, 7) is 2.02. The summed E-state index contributed by atoms with van der Waals surface area (Å²) in [6, 6.07) is -0.568. The normalized spacial score (nSPS) is 38.6. The van der Waals surface area contributed by atoms with Crippen LogP contribution in [0.15, 0.2) is 0 Å². The van der Waals surface area contributed by atoms with Crippen molar-refractivity contribution in [3.05, 3.63) is 0 Å². The molecular formula is C9H19NO5. The Hall–Kier alpha value is -0.240. The van der Waals surface area contributed by atoms with Gasteiger partial charge in [-0.1, -0.05) is 6.92 Å². The monoisotopic (exact) mass is 221 g/mol. The van der Waals surface area contributed by atoms with Gasteiger partial charge in [0.05, 0.1) is 12.6 Å². The third kappa shape index (κ3) is 2.47. The Morgan fingerprint density at radius 3 is 2.47 bits per heavy atom. The zero-order valence-corrected chi connectivity index (χ0v) is 8.95. The van der Waals surface area contributed by atoms with Crippen molar-refractivity contribution >= 4 is 0 Å². The maximum absolute atomic E-state index is 9.82. The number of aliphatic hydroxyl groups excluding tert-OH is 4. The molecule has 0 aromatic heterocycles. The fourth-order valence-electron chi connectivity index (χ4n) is 1.80. The van der Waals surface area contributed by atoms with E-state index < -0.39 is 37.3 Å². The third-order valence-corrected chi connectivity index (χ3v) is 2.85. The number of nitrogens with zero attached hydrogens (tertiary/aromatic N) is 1. The zero-order chi connectivity index (χ0) is 11.6. The Morgan fingerprint density at radius 1 is 1.40 bits per heavy atom. The van der Waals surface area contributed by atoms with Crippen LogP contribution in [0.3, 0.4) is 0 Å². The van der Waals surface area contributed by atoms with Gasteiger partial charge in [0.1, 0.15) is 18.3 Å². The number of likely N-dealkylation sites (N-methyl/N-ethyl adjacent to an activating group) is 1. The minimum atomic E-state index is -1.18. The van der Waals surface area contributed by atoms with Crippen LogP contribution in [0.1, 0.15) is 6.92 Å². The lowest BCUT2D eigenvalue weighted by atomic mass is 10.0. The molecule has 0 spiro atoms. The molecule has 6 heteroatoms. The average Bonchev–Trinajstić information content (AvgIpc) is 2.52. The maximum atomic E-state index is 9.82. The summed E-state index contributed by atoms with van der Waals surface area (Å²) in [4.78, 5) is 1.74. The van der Waals surface area contributed by atoms with E-state index in [-0.39, 0.29) is 0 Å². The molecule has 1 heterocycles. The summed E-state index contributed by atoms with van der Waals surface area (Å²) in [5.74, 6) is 0. The van der Waals surface area contributed by atoms with Gasteiger partial charge in [0.15, 0.2) is 6.29 Å². The van der Waals surface area contributed by atoms with Gasteiger partial charge >= 0.3 is 0 Å². The minimum Gasteiger partial charge on any atom is -0.394 e. The van der Waals surface area contributed by atoms with Gasteiger partial charge in [-0.25, -0.2) is 0 Å². The van der Waals surface area contributed by atoms with Gasteiger partial charge in [-0.3, -0.25) is 4.90 Å². The second kappa shape index (κ2) is 5.20. The van der Waals surface area contributed by atoms with Crippen LogP contribution in [0, 0.1) is 0 Å². The van der Waals surface area contributed by atoms with E-state index in [1.807, 2.05) is 6.92 Å². The van der Waals surface area contributed by atoms with Gasteiger partial charge in [-0.05, 0) is 13.6 Å². The standard InChI is InChI=1S/C9H19NO5/c1-3-10(2)6-7(13)8(5(12)4-11)15-9(6)14/h5-9,11-14H,3-4H2,1-2H3/t5-,6+,7-,8?,9?/m1/s1. The molecule has 1 fully saturated rings. The van der Waals surface area contributed by atoms with Gasteiger partial charge in [0.25, 0.3) is 0 Å². The van der Waals surface area contributed by atoms with Crippen LogP contribution in [-0.2, 0) is 4.74 Å². The first-order valence-electron chi connectivity index (χ1n) is 5.03. The average molecular weight is 221 g/mol. The molecule has 0 saturated carbocycles. The highest BCUT2D eigenvalue weighted by atomic mass is 16.6. The van der Waals surface area contributed by atoms with Crippen LogP contribution in [0.2, 0.25) is 0 Å². The Labute approximate surface area is 88.7 Å². The molecule has 15 heavy (non-hydrogen) atoms. The van der Waals surface area contributed by atoms with Crippen LogP contribution in [0.25, 0.3) is 0 Å². The molecule has 1 saturated heterocycles. The van der Waals surface area contributed by atoms with E-state index in [0.29, 0.717) is 6.54 Å². The molecule has 0 amide bonds. The Balaban J connectivity index is 2.69. The lowest BCUT2D eigenvalue weighted by Gasteiger charge is -2.27. The molecule has 0 aromatic rings. The van der Waals surface area contributed by atoms with E-state index in [1.54, 1.807) is 11.9 Å². The predicted molar refractivity (Wildman–Crippen MR) is 52.1 cm³/mol. The summed E-state index contributed by atoms with van der Waals surface area (Å²) in [5, 5.41) is 37.5. The highest BCUT2D eigenvalue weighted by Gasteiger charge is 2.47. The van der Waals surface area contributed by atoms with Crippen molar-refractivity contribution in [3.8, 4) is 0 Å². The molecule has 0 radical (unpaired) electrons. The molecule has 6 nitrogen and oxygen atoms in total. The van der Waals surface area contributed by atoms with Gasteiger partial charge in [-0.15, -0.1) is 0 Å². The van der Waals surface area contributed by atoms with E-state index in [4.69, 9.17) is 9.84 Å². The second-order valence-electron chi connectivity index (χ2n) is 3.80. The molecule has 90 valence electrons. The van der Waals surface area contributed by atoms with E-state index in [9.17, 15) is 15.3 Å². The van der Waals surface area contributed by atoms with Gasteiger partial charge < -0.3 is 25.2 Å². The Morgan fingerprint density at radius 2 is 2.00 bits per heavy atom. The SMILES string of the molecule is CCN(C)[C@@H]1C(O)OC([C@H](O)CO)[C@@H]1O. The third-order valence-electron chi connectivity index (χ3n) is 2.85. The largest absolute Gasteiger partial charge is 0.394 e. The van der Waals surface area contributed by atoms with E-state index >= 15 is 0 Å². The smallest absolute Gasteiger partial charge is 0.173 e. The lowest BCUT2D eigenvalue weighted by molar-refractivity contribution is -0.143. The summed E-state index contributed by atoms with van der Waals surface area (Å²) in [6.07, 6.45) is -4.27. The molecule has 1 aliphatic heterocycles. The molecule has 0 bridgehead atoms. The summed E-state index contributed by atoms with van der Waals surface area (Å²) in [5.41, 5.74) is 0. The molecule has 0 aliphatic carbocycles. The highest BCUT2D eigenvalue weighted by molar-refractivity contribution is 4.94. The molecule has 1 aliphatic rings.